The van der Waals surface area contributed by atoms with Crippen LogP contribution in [0.5, 0.6) is 0 Å². The number of nitrogens with two attached hydrogens (primary N) is 1. The Labute approximate surface area is 141 Å². The molecule has 1 aromatic heterocycles. The molecule has 5 nitrogen and oxygen atoms in total. The predicted octanol–water partition coefficient (Wildman–Crippen LogP) is 2.41. The highest BCUT2D eigenvalue weighted by Gasteiger charge is 2.33. The lowest BCUT2D eigenvalue weighted by atomic mass is 9.95. The van der Waals surface area contributed by atoms with Crippen molar-refractivity contribution >= 4 is 5.91 Å². The highest BCUT2D eigenvalue weighted by Crippen LogP contribution is 2.29. The summed E-state index contributed by atoms with van der Waals surface area (Å²) >= 11 is 0. The molecule has 2 heterocycles. The number of amides is 1. The predicted molar refractivity (Wildman–Crippen MR) is 89.6 cm³/mol. The van der Waals surface area contributed by atoms with Crippen LogP contribution in [0.2, 0.25) is 0 Å². The average molecular weight is 330 g/mol. The van der Waals surface area contributed by atoms with E-state index in [0.29, 0.717) is 0 Å². The smallest absolute Gasteiger partial charge is 0.239 e. The molecule has 3 rings (SSSR count). The highest BCUT2D eigenvalue weighted by atomic mass is 19.1. The van der Waals surface area contributed by atoms with E-state index in [4.69, 9.17) is 5.73 Å². The molecule has 0 aliphatic carbocycles. The molecule has 0 unspecified atom stereocenters. The highest BCUT2D eigenvalue weighted by molar-refractivity contribution is 5.81. The van der Waals surface area contributed by atoms with Crippen molar-refractivity contribution in [1.29, 1.82) is 0 Å². The van der Waals surface area contributed by atoms with Crippen molar-refractivity contribution in [3.63, 3.8) is 0 Å². The molecule has 1 aliphatic rings. The number of aryl methyl sites for hydroxylation is 1. The van der Waals surface area contributed by atoms with Crippen molar-refractivity contribution in [3.05, 3.63) is 53.6 Å². The first-order valence-electron chi connectivity index (χ1n) is 8.34. The van der Waals surface area contributed by atoms with Gasteiger partial charge in [-0.2, -0.15) is 5.10 Å². The molecule has 1 amide bonds. The van der Waals surface area contributed by atoms with Crippen molar-refractivity contribution < 1.29 is 9.18 Å². The van der Waals surface area contributed by atoms with Crippen molar-refractivity contribution in [2.45, 2.75) is 44.8 Å². The molecule has 1 fully saturated rings. The van der Waals surface area contributed by atoms with Gasteiger partial charge < -0.3 is 5.73 Å². The van der Waals surface area contributed by atoms with E-state index < -0.39 is 11.9 Å². The third-order valence-electron chi connectivity index (χ3n) is 4.62. The fraction of sp³-hybridized carbons (Fsp3) is 0.444. The number of nitrogens with zero attached hydrogens (tertiary/aromatic N) is 3. The second-order valence-corrected chi connectivity index (χ2v) is 6.48. The number of benzene rings is 1. The number of piperidine rings is 1. The van der Waals surface area contributed by atoms with E-state index in [0.717, 1.165) is 43.5 Å². The third kappa shape index (κ3) is 3.64. The summed E-state index contributed by atoms with van der Waals surface area (Å²) in [6.07, 6.45) is 6.97. The molecule has 0 radical (unpaired) electrons. The summed E-state index contributed by atoms with van der Waals surface area (Å²) in [5, 5.41) is 4.36. The van der Waals surface area contributed by atoms with E-state index in [1.54, 1.807) is 12.1 Å². The van der Waals surface area contributed by atoms with E-state index in [-0.39, 0.29) is 11.9 Å². The van der Waals surface area contributed by atoms with E-state index in [1.807, 2.05) is 24.0 Å². The standard InChI is InChI=1S/C18H23FN4O/c1-13-10-21-22(11-13)12-16-4-2-3-9-23(16)17(18(20)24)14-5-7-15(19)8-6-14/h5-8,10-11,16-17H,2-4,9,12H2,1H3,(H2,20,24)/t16-,17+/m1/s1. The van der Waals surface area contributed by atoms with Gasteiger partial charge in [0, 0.05) is 12.2 Å². The molecular weight excluding hydrogens is 307 g/mol. The van der Waals surface area contributed by atoms with Crippen LogP contribution in [0.1, 0.15) is 36.4 Å². The van der Waals surface area contributed by atoms with Crippen LogP contribution in [-0.4, -0.2) is 33.2 Å². The van der Waals surface area contributed by atoms with Gasteiger partial charge in [0.05, 0.1) is 12.7 Å². The molecule has 2 N–H and O–H groups in total. The number of primary amides is 1. The number of hydrogen-bond acceptors (Lipinski definition) is 3. The fourth-order valence-electron chi connectivity index (χ4n) is 3.51. The molecule has 1 saturated heterocycles. The Balaban J connectivity index is 1.85. The van der Waals surface area contributed by atoms with Crippen LogP contribution in [0.3, 0.4) is 0 Å². The maximum absolute atomic E-state index is 13.2. The zero-order chi connectivity index (χ0) is 17.1. The van der Waals surface area contributed by atoms with Crippen molar-refractivity contribution in [2.75, 3.05) is 6.54 Å². The molecule has 2 atom stereocenters. The molecule has 24 heavy (non-hydrogen) atoms. The lowest BCUT2D eigenvalue weighted by Crippen LogP contribution is -2.48. The second-order valence-electron chi connectivity index (χ2n) is 6.48. The van der Waals surface area contributed by atoms with Crippen molar-refractivity contribution in [3.8, 4) is 0 Å². The fourth-order valence-corrected chi connectivity index (χ4v) is 3.51. The van der Waals surface area contributed by atoms with Gasteiger partial charge in [-0.25, -0.2) is 4.39 Å². The topological polar surface area (TPSA) is 64.2 Å². The number of hydrogen-bond donors (Lipinski definition) is 1. The summed E-state index contributed by atoms with van der Waals surface area (Å²) in [5.74, 6) is -0.714. The molecule has 0 bridgehead atoms. The Bertz CT molecular complexity index is 697. The minimum atomic E-state index is -0.535. The molecule has 0 saturated carbocycles. The van der Waals surface area contributed by atoms with Crippen LogP contribution in [0.4, 0.5) is 4.39 Å². The maximum atomic E-state index is 13.2. The molecular formula is C18H23FN4O. The van der Waals surface area contributed by atoms with E-state index in [9.17, 15) is 9.18 Å². The van der Waals surface area contributed by atoms with Gasteiger partial charge in [0.25, 0.3) is 0 Å². The zero-order valence-corrected chi connectivity index (χ0v) is 13.9. The monoisotopic (exact) mass is 330 g/mol. The number of rotatable bonds is 5. The van der Waals surface area contributed by atoms with Gasteiger partial charge >= 0.3 is 0 Å². The lowest BCUT2D eigenvalue weighted by Gasteiger charge is -2.40. The number of carbonyl (C=O) groups excluding carboxylic acids is 1. The SMILES string of the molecule is Cc1cnn(C[C@H]2CCCCN2[C@H](C(N)=O)c2ccc(F)cc2)c1. The molecule has 1 aromatic carbocycles. The van der Waals surface area contributed by atoms with Crippen molar-refractivity contribution in [1.82, 2.24) is 14.7 Å². The first-order chi connectivity index (χ1) is 11.5. The number of halogens is 1. The zero-order valence-electron chi connectivity index (χ0n) is 13.9. The number of likely N-dealkylation sites (tertiary alicyclic amines) is 1. The quantitative estimate of drug-likeness (QED) is 0.916. The average Bonchev–Trinajstić information content (AvgIpc) is 2.96. The summed E-state index contributed by atoms with van der Waals surface area (Å²) in [6, 6.07) is 5.69. The van der Waals surface area contributed by atoms with Crippen LogP contribution in [-0.2, 0) is 11.3 Å². The molecule has 128 valence electrons. The van der Waals surface area contributed by atoms with E-state index in [1.165, 1.54) is 12.1 Å². The van der Waals surface area contributed by atoms with Gasteiger partial charge in [-0.05, 0) is 49.6 Å². The summed E-state index contributed by atoms with van der Waals surface area (Å²) in [7, 11) is 0. The molecule has 6 heteroatoms. The second kappa shape index (κ2) is 7.13. The third-order valence-corrected chi connectivity index (χ3v) is 4.62. The Morgan fingerprint density at radius 2 is 2.12 bits per heavy atom. The van der Waals surface area contributed by atoms with Crippen LogP contribution in [0, 0.1) is 12.7 Å². The Kier molecular flexibility index (Phi) is 4.94. The lowest BCUT2D eigenvalue weighted by molar-refractivity contribution is -0.125. The normalized spacial score (nSPS) is 20.0. The molecule has 1 aliphatic heterocycles. The summed E-state index contributed by atoms with van der Waals surface area (Å²) in [4.78, 5) is 14.3. The van der Waals surface area contributed by atoms with Crippen molar-refractivity contribution in [2.24, 2.45) is 5.73 Å². The van der Waals surface area contributed by atoms with Gasteiger partial charge in [0.15, 0.2) is 0 Å². The van der Waals surface area contributed by atoms with Crippen LogP contribution >= 0.6 is 0 Å². The Hall–Kier alpha value is -2.21. The largest absolute Gasteiger partial charge is 0.368 e. The first kappa shape index (κ1) is 16.6. The maximum Gasteiger partial charge on any atom is 0.239 e. The first-order valence-corrected chi connectivity index (χ1v) is 8.34. The minimum absolute atomic E-state index is 0.181. The van der Waals surface area contributed by atoms with Crippen LogP contribution in [0.15, 0.2) is 36.7 Å². The van der Waals surface area contributed by atoms with E-state index in [2.05, 4.69) is 10.00 Å². The number of carbonyl (C=O) groups is 1. The van der Waals surface area contributed by atoms with Gasteiger partial charge in [0.1, 0.15) is 11.9 Å². The Morgan fingerprint density at radius 3 is 2.75 bits per heavy atom. The minimum Gasteiger partial charge on any atom is -0.368 e. The van der Waals surface area contributed by atoms with E-state index >= 15 is 0 Å². The Morgan fingerprint density at radius 1 is 1.38 bits per heavy atom. The number of aromatic nitrogens is 2. The van der Waals surface area contributed by atoms with Gasteiger partial charge in [-0.15, -0.1) is 0 Å². The summed E-state index contributed by atoms with van der Waals surface area (Å²) < 4.78 is 15.1. The molecule has 2 aromatic rings. The van der Waals surface area contributed by atoms with Gasteiger partial charge in [-0.1, -0.05) is 18.6 Å². The van der Waals surface area contributed by atoms with Crippen LogP contribution < -0.4 is 5.73 Å². The molecule has 0 spiro atoms. The van der Waals surface area contributed by atoms with Gasteiger partial charge in [0.2, 0.25) is 5.91 Å². The summed E-state index contributed by atoms with van der Waals surface area (Å²) in [5.41, 5.74) is 7.56. The summed E-state index contributed by atoms with van der Waals surface area (Å²) in [6.45, 7) is 3.53. The van der Waals surface area contributed by atoms with Crippen LogP contribution in [0.25, 0.3) is 0 Å². The van der Waals surface area contributed by atoms with Gasteiger partial charge in [-0.3, -0.25) is 14.4 Å².